The highest BCUT2D eigenvalue weighted by Gasteiger charge is 2.44. The second kappa shape index (κ2) is 7.02. The van der Waals surface area contributed by atoms with Crippen molar-refractivity contribution in [2.75, 3.05) is 7.11 Å². The molecule has 0 fully saturated rings. The summed E-state index contributed by atoms with van der Waals surface area (Å²) in [5.74, 6) is 0.452. The molecule has 2 aromatic carbocycles. The number of carbonyl (C=O) groups excluding carboxylic acids is 1. The number of methoxy groups -OCH3 is 1. The van der Waals surface area contributed by atoms with E-state index in [1.165, 1.54) is 12.2 Å². The van der Waals surface area contributed by atoms with Gasteiger partial charge >= 0.3 is 5.97 Å². The molecule has 2 aromatic rings. The molecule has 3 rings (SSSR count). The molecular formula is C20H16N2O3. The van der Waals surface area contributed by atoms with Crippen molar-refractivity contribution in [1.29, 1.82) is 5.26 Å². The minimum absolute atomic E-state index is 0.242. The SMILES string of the molecule is COc1ccc(C2=N[C@](/C=C\C#N)(Cc3ccccc3)C(=O)O2)cc1. The summed E-state index contributed by atoms with van der Waals surface area (Å²) in [5.41, 5.74) is 0.378. The third-order valence-electron chi connectivity index (χ3n) is 3.93. The molecule has 0 N–H and O–H groups in total. The normalized spacial score (nSPS) is 19.4. The Morgan fingerprint density at radius 2 is 1.92 bits per heavy atom. The molecule has 0 spiro atoms. The number of carbonyl (C=O) groups is 1. The van der Waals surface area contributed by atoms with Gasteiger partial charge in [-0.05, 0) is 35.9 Å². The molecule has 1 heterocycles. The van der Waals surface area contributed by atoms with Gasteiger partial charge in [-0.25, -0.2) is 9.79 Å². The zero-order valence-electron chi connectivity index (χ0n) is 13.7. The lowest BCUT2D eigenvalue weighted by Gasteiger charge is -2.17. The third kappa shape index (κ3) is 3.43. The van der Waals surface area contributed by atoms with Crippen LogP contribution in [0.5, 0.6) is 5.75 Å². The van der Waals surface area contributed by atoms with Crippen LogP contribution in [-0.2, 0) is 16.0 Å². The lowest BCUT2D eigenvalue weighted by atomic mass is 9.91. The molecule has 0 bridgehead atoms. The number of benzene rings is 2. The molecule has 0 radical (unpaired) electrons. The molecule has 0 aliphatic carbocycles. The number of cyclic esters (lactones) is 1. The number of ether oxygens (including phenoxy) is 2. The highest BCUT2D eigenvalue weighted by Crippen LogP contribution is 2.29. The van der Waals surface area contributed by atoms with Crippen molar-refractivity contribution in [2.24, 2.45) is 4.99 Å². The summed E-state index contributed by atoms with van der Waals surface area (Å²) in [6.07, 6.45) is 3.09. The number of aliphatic imine (C=N–C) groups is 1. The van der Waals surface area contributed by atoms with Crippen LogP contribution in [-0.4, -0.2) is 24.5 Å². The van der Waals surface area contributed by atoms with Crippen LogP contribution < -0.4 is 4.74 Å². The van der Waals surface area contributed by atoms with Crippen molar-refractivity contribution < 1.29 is 14.3 Å². The highest BCUT2D eigenvalue weighted by atomic mass is 16.6. The second-order valence-electron chi connectivity index (χ2n) is 5.58. The number of allylic oxidation sites excluding steroid dienone is 1. The van der Waals surface area contributed by atoms with E-state index in [1.54, 1.807) is 31.4 Å². The highest BCUT2D eigenvalue weighted by molar-refractivity contribution is 6.09. The predicted molar refractivity (Wildman–Crippen MR) is 93.3 cm³/mol. The van der Waals surface area contributed by atoms with Gasteiger partial charge in [0.05, 0.1) is 13.2 Å². The van der Waals surface area contributed by atoms with Crippen LogP contribution in [0.1, 0.15) is 11.1 Å². The number of hydrogen-bond donors (Lipinski definition) is 0. The van der Waals surface area contributed by atoms with Crippen LogP contribution in [0.3, 0.4) is 0 Å². The Hall–Kier alpha value is -3.39. The largest absolute Gasteiger partial charge is 0.497 e. The van der Waals surface area contributed by atoms with Crippen LogP contribution in [0.2, 0.25) is 0 Å². The molecule has 1 atom stereocenters. The lowest BCUT2D eigenvalue weighted by molar-refractivity contribution is -0.137. The summed E-state index contributed by atoms with van der Waals surface area (Å²) in [4.78, 5) is 17.1. The Kier molecular flexibility index (Phi) is 4.62. The van der Waals surface area contributed by atoms with Crippen molar-refractivity contribution in [3.8, 4) is 11.8 Å². The summed E-state index contributed by atoms with van der Waals surface area (Å²) in [6, 6.07) is 18.5. The van der Waals surface area contributed by atoms with Gasteiger partial charge in [0.25, 0.3) is 0 Å². The Bertz CT molecular complexity index is 864. The van der Waals surface area contributed by atoms with Gasteiger partial charge in [-0.3, -0.25) is 0 Å². The van der Waals surface area contributed by atoms with E-state index in [0.717, 1.165) is 5.56 Å². The topological polar surface area (TPSA) is 71.7 Å². The third-order valence-corrected chi connectivity index (χ3v) is 3.93. The fourth-order valence-electron chi connectivity index (χ4n) is 2.64. The monoisotopic (exact) mass is 332 g/mol. The number of nitrogens with zero attached hydrogens (tertiary/aromatic N) is 2. The van der Waals surface area contributed by atoms with E-state index in [9.17, 15) is 4.79 Å². The van der Waals surface area contributed by atoms with Crippen LogP contribution in [0, 0.1) is 11.3 Å². The summed E-state index contributed by atoms with van der Waals surface area (Å²) in [7, 11) is 1.58. The van der Waals surface area contributed by atoms with Crippen molar-refractivity contribution in [3.05, 3.63) is 77.9 Å². The van der Waals surface area contributed by atoms with E-state index in [1.807, 2.05) is 36.4 Å². The number of rotatable bonds is 5. The molecule has 5 heteroatoms. The molecule has 0 saturated heterocycles. The zero-order chi connectivity index (χ0) is 17.7. The van der Waals surface area contributed by atoms with Gasteiger partial charge in [0.15, 0.2) is 5.54 Å². The Morgan fingerprint density at radius 1 is 1.20 bits per heavy atom. The van der Waals surface area contributed by atoms with Crippen molar-refractivity contribution in [1.82, 2.24) is 0 Å². The van der Waals surface area contributed by atoms with Crippen LogP contribution in [0.25, 0.3) is 0 Å². The van der Waals surface area contributed by atoms with Gasteiger partial charge in [-0.2, -0.15) is 5.26 Å². The van der Waals surface area contributed by atoms with E-state index in [2.05, 4.69) is 4.99 Å². The predicted octanol–water partition coefficient (Wildman–Crippen LogP) is 3.06. The molecule has 0 aromatic heterocycles. The quantitative estimate of drug-likeness (QED) is 0.623. The first-order valence-corrected chi connectivity index (χ1v) is 7.75. The van der Waals surface area contributed by atoms with Gasteiger partial charge in [0, 0.05) is 18.1 Å². The molecule has 25 heavy (non-hydrogen) atoms. The molecule has 0 unspecified atom stereocenters. The van der Waals surface area contributed by atoms with Crippen LogP contribution in [0.4, 0.5) is 0 Å². The molecule has 0 amide bonds. The van der Waals surface area contributed by atoms with Crippen molar-refractivity contribution in [2.45, 2.75) is 12.0 Å². The first kappa shape index (κ1) is 16.5. The molecule has 1 aliphatic rings. The molecule has 1 aliphatic heterocycles. The Morgan fingerprint density at radius 3 is 2.56 bits per heavy atom. The maximum absolute atomic E-state index is 12.6. The molecule has 0 saturated carbocycles. The van der Waals surface area contributed by atoms with E-state index < -0.39 is 11.5 Å². The van der Waals surface area contributed by atoms with Gasteiger partial charge in [-0.15, -0.1) is 0 Å². The van der Waals surface area contributed by atoms with E-state index in [4.69, 9.17) is 14.7 Å². The van der Waals surface area contributed by atoms with Gasteiger partial charge in [0.2, 0.25) is 5.90 Å². The number of esters is 1. The summed E-state index contributed by atoms with van der Waals surface area (Å²) in [5, 5.41) is 8.88. The second-order valence-corrected chi connectivity index (χ2v) is 5.58. The number of hydrogen-bond acceptors (Lipinski definition) is 5. The van der Waals surface area contributed by atoms with Gasteiger partial charge < -0.3 is 9.47 Å². The van der Waals surface area contributed by atoms with Gasteiger partial charge in [0.1, 0.15) is 5.75 Å². The first-order valence-electron chi connectivity index (χ1n) is 7.75. The Balaban J connectivity index is 1.98. The average molecular weight is 332 g/mol. The summed E-state index contributed by atoms with van der Waals surface area (Å²) < 4.78 is 10.5. The average Bonchev–Trinajstić information content (AvgIpc) is 2.97. The minimum Gasteiger partial charge on any atom is -0.497 e. The fourth-order valence-corrected chi connectivity index (χ4v) is 2.64. The maximum atomic E-state index is 12.6. The standard InChI is InChI=1S/C20H16N2O3/c1-24-17-10-8-16(9-11-17)18-22-20(12-5-13-21,19(23)25-18)14-15-6-3-2-4-7-15/h2-12H,14H2,1H3/b12-5-/t20-/m1/s1. The molecular weight excluding hydrogens is 316 g/mol. The van der Waals surface area contributed by atoms with E-state index in [0.29, 0.717) is 17.7 Å². The fraction of sp³-hybridized carbons (Fsp3) is 0.150. The van der Waals surface area contributed by atoms with Crippen LogP contribution in [0.15, 0.2) is 71.7 Å². The molecule has 124 valence electrons. The minimum atomic E-state index is -1.23. The lowest BCUT2D eigenvalue weighted by Crippen LogP contribution is -2.34. The Labute approximate surface area is 145 Å². The smallest absolute Gasteiger partial charge is 0.345 e. The number of nitriles is 1. The zero-order valence-corrected chi connectivity index (χ0v) is 13.7. The van der Waals surface area contributed by atoms with Crippen LogP contribution >= 0.6 is 0 Å². The maximum Gasteiger partial charge on any atom is 0.345 e. The van der Waals surface area contributed by atoms with Crippen molar-refractivity contribution in [3.63, 3.8) is 0 Å². The van der Waals surface area contributed by atoms with Crippen molar-refractivity contribution >= 4 is 11.9 Å². The summed E-state index contributed by atoms with van der Waals surface area (Å²) >= 11 is 0. The molecule has 5 nitrogen and oxygen atoms in total. The van der Waals surface area contributed by atoms with E-state index in [-0.39, 0.29) is 5.90 Å². The van der Waals surface area contributed by atoms with Gasteiger partial charge in [-0.1, -0.05) is 30.3 Å². The summed E-state index contributed by atoms with van der Waals surface area (Å²) in [6.45, 7) is 0. The van der Waals surface area contributed by atoms with E-state index >= 15 is 0 Å². The first-order chi connectivity index (χ1) is 12.2.